The summed E-state index contributed by atoms with van der Waals surface area (Å²) in [5.41, 5.74) is 0. The zero-order chi connectivity index (χ0) is 19.1. The van der Waals surface area contributed by atoms with Gasteiger partial charge in [0.25, 0.3) is 0 Å². The highest BCUT2D eigenvalue weighted by Gasteiger charge is 2.02. The third kappa shape index (κ3) is 22.0. The molecule has 0 radical (unpaired) electrons. The zero-order valence-electron chi connectivity index (χ0n) is 18.5. The summed E-state index contributed by atoms with van der Waals surface area (Å²) in [5, 5.41) is 0. The van der Waals surface area contributed by atoms with Crippen LogP contribution < -0.4 is 0 Å². The fourth-order valence-electron chi connectivity index (χ4n) is 3.29. The Balaban J connectivity index is 3.12. The molecule has 2 heteroatoms. The first kappa shape index (κ1) is 25.9. The maximum absolute atomic E-state index is 5.80. The number of unbranched alkanes of at least 4 members (excludes halogenated alkanes) is 14. The third-order valence-corrected chi connectivity index (χ3v) is 5.09. The van der Waals surface area contributed by atoms with Gasteiger partial charge in [-0.15, -0.1) is 0 Å². The maximum Gasteiger partial charge on any atom is 0.0513 e. The van der Waals surface area contributed by atoms with Crippen LogP contribution >= 0.6 is 0 Å². The van der Waals surface area contributed by atoms with Crippen LogP contribution in [0.2, 0.25) is 0 Å². The topological polar surface area (TPSA) is 18.5 Å². The van der Waals surface area contributed by atoms with Crippen LogP contribution in [0.3, 0.4) is 0 Å². The number of rotatable bonds is 22. The SMILES string of the molecule is CCCCCCCCCCOCC(C)COCCCCCCCCCC. The molecule has 0 amide bonds. The van der Waals surface area contributed by atoms with Gasteiger partial charge in [0.15, 0.2) is 0 Å². The molecule has 0 saturated carbocycles. The van der Waals surface area contributed by atoms with Gasteiger partial charge in [-0.2, -0.15) is 0 Å². The third-order valence-electron chi connectivity index (χ3n) is 5.09. The smallest absolute Gasteiger partial charge is 0.0513 e. The van der Waals surface area contributed by atoms with Crippen molar-refractivity contribution >= 4 is 0 Å². The minimum Gasteiger partial charge on any atom is -0.381 e. The molecule has 0 aliphatic heterocycles. The van der Waals surface area contributed by atoms with Crippen LogP contribution in [0, 0.1) is 5.92 Å². The van der Waals surface area contributed by atoms with Crippen molar-refractivity contribution in [3.63, 3.8) is 0 Å². The highest BCUT2D eigenvalue weighted by molar-refractivity contribution is 4.51. The van der Waals surface area contributed by atoms with Gasteiger partial charge in [0, 0.05) is 19.1 Å². The van der Waals surface area contributed by atoms with E-state index in [9.17, 15) is 0 Å². The Bertz CT molecular complexity index is 218. The van der Waals surface area contributed by atoms with Crippen LogP contribution in [0.4, 0.5) is 0 Å². The summed E-state index contributed by atoms with van der Waals surface area (Å²) in [6, 6.07) is 0. The molecule has 0 spiro atoms. The Labute approximate surface area is 165 Å². The van der Waals surface area contributed by atoms with Gasteiger partial charge in [-0.25, -0.2) is 0 Å². The predicted molar refractivity (Wildman–Crippen MR) is 116 cm³/mol. The molecule has 0 heterocycles. The van der Waals surface area contributed by atoms with E-state index in [-0.39, 0.29) is 0 Å². The fraction of sp³-hybridized carbons (Fsp3) is 1.00. The van der Waals surface area contributed by atoms with Gasteiger partial charge in [-0.1, -0.05) is 111 Å². The van der Waals surface area contributed by atoms with E-state index in [1.807, 2.05) is 0 Å². The van der Waals surface area contributed by atoms with Crippen LogP contribution in [-0.4, -0.2) is 26.4 Å². The van der Waals surface area contributed by atoms with E-state index in [4.69, 9.17) is 9.47 Å². The maximum atomic E-state index is 5.80. The first-order valence-electron chi connectivity index (χ1n) is 12.0. The van der Waals surface area contributed by atoms with Crippen molar-refractivity contribution in [3.05, 3.63) is 0 Å². The summed E-state index contributed by atoms with van der Waals surface area (Å²) < 4.78 is 11.6. The van der Waals surface area contributed by atoms with E-state index in [1.165, 1.54) is 103 Å². The number of hydrogen-bond acceptors (Lipinski definition) is 2. The molecule has 0 fully saturated rings. The second-order valence-corrected chi connectivity index (χ2v) is 8.20. The molecular formula is C24H50O2. The van der Waals surface area contributed by atoms with Crippen molar-refractivity contribution in [1.82, 2.24) is 0 Å². The predicted octanol–water partition coefficient (Wildman–Crippen LogP) is 7.94. The summed E-state index contributed by atoms with van der Waals surface area (Å²) in [7, 11) is 0. The molecule has 0 aromatic rings. The Morgan fingerprint density at radius 2 is 0.769 bits per heavy atom. The van der Waals surface area contributed by atoms with Crippen molar-refractivity contribution in [2.24, 2.45) is 5.92 Å². The lowest BCUT2D eigenvalue weighted by Gasteiger charge is -2.12. The van der Waals surface area contributed by atoms with E-state index < -0.39 is 0 Å². The summed E-state index contributed by atoms with van der Waals surface area (Å²) in [5.74, 6) is 0.526. The Hall–Kier alpha value is -0.0800. The van der Waals surface area contributed by atoms with Crippen molar-refractivity contribution < 1.29 is 9.47 Å². The first-order chi connectivity index (χ1) is 12.8. The molecule has 0 aliphatic rings. The molecule has 26 heavy (non-hydrogen) atoms. The molecule has 158 valence electrons. The highest BCUT2D eigenvalue weighted by atomic mass is 16.5. The van der Waals surface area contributed by atoms with Crippen molar-refractivity contribution in [2.45, 2.75) is 124 Å². The standard InChI is InChI=1S/C24H50O2/c1-4-6-8-10-12-14-16-18-20-25-22-24(3)23-26-21-19-17-15-13-11-9-7-5-2/h24H,4-23H2,1-3H3. The molecule has 0 N–H and O–H groups in total. The normalized spacial score (nSPS) is 11.5. The van der Waals surface area contributed by atoms with E-state index in [0.29, 0.717) is 5.92 Å². The first-order valence-corrected chi connectivity index (χ1v) is 12.0. The number of hydrogen-bond donors (Lipinski definition) is 0. The van der Waals surface area contributed by atoms with Crippen molar-refractivity contribution in [1.29, 1.82) is 0 Å². The summed E-state index contributed by atoms with van der Waals surface area (Å²) in [4.78, 5) is 0. The Morgan fingerprint density at radius 1 is 0.462 bits per heavy atom. The minimum atomic E-state index is 0.526. The molecule has 0 saturated heterocycles. The van der Waals surface area contributed by atoms with Crippen molar-refractivity contribution in [3.8, 4) is 0 Å². The Kier molecular flexibility index (Phi) is 22.9. The molecule has 0 rings (SSSR count). The van der Waals surface area contributed by atoms with E-state index in [0.717, 1.165) is 26.4 Å². The molecule has 0 unspecified atom stereocenters. The van der Waals surface area contributed by atoms with Gasteiger partial charge >= 0.3 is 0 Å². The molecule has 0 aromatic heterocycles. The van der Waals surface area contributed by atoms with Gasteiger partial charge < -0.3 is 9.47 Å². The average molecular weight is 371 g/mol. The molecule has 0 aliphatic carbocycles. The summed E-state index contributed by atoms with van der Waals surface area (Å²) >= 11 is 0. The van der Waals surface area contributed by atoms with Crippen LogP contribution in [0.1, 0.15) is 124 Å². The largest absolute Gasteiger partial charge is 0.381 e. The average Bonchev–Trinajstić information content (AvgIpc) is 2.64. The highest BCUT2D eigenvalue weighted by Crippen LogP contribution is 2.10. The lowest BCUT2D eigenvalue weighted by atomic mass is 10.1. The van der Waals surface area contributed by atoms with E-state index in [1.54, 1.807) is 0 Å². The van der Waals surface area contributed by atoms with Gasteiger partial charge in [0.05, 0.1) is 13.2 Å². The second-order valence-electron chi connectivity index (χ2n) is 8.20. The summed E-state index contributed by atoms with van der Waals surface area (Å²) in [6.07, 6.45) is 21.8. The van der Waals surface area contributed by atoms with Crippen LogP contribution in [0.5, 0.6) is 0 Å². The lowest BCUT2D eigenvalue weighted by Crippen LogP contribution is -2.14. The molecule has 0 bridgehead atoms. The van der Waals surface area contributed by atoms with Gasteiger partial charge in [-0.05, 0) is 12.8 Å². The van der Waals surface area contributed by atoms with Gasteiger partial charge in [-0.3, -0.25) is 0 Å². The zero-order valence-corrected chi connectivity index (χ0v) is 18.5. The minimum absolute atomic E-state index is 0.526. The Morgan fingerprint density at radius 3 is 1.12 bits per heavy atom. The molecule has 0 atom stereocenters. The van der Waals surface area contributed by atoms with Crippen LogP contribution in [0.15, 0.2) is 0 Å². The van der Waals surface area contributed by atoms with Crippen LogP contribution in [-0.2, 0) is 9.47 Å². The second kappa shape index (κ2) is 23.0. The quantitative estimate of drug-likeness (QED) is 0.180. The van der Waals surface area contributed by atoms with E-state index >= 15 is 0 Å². The molecule has 0 aromatic carbocycles. The monoisotopic (exact) mass is 370 g/mol. The van der Waals surface area contributed by atoms with Gasteiger partial charge in [0.2, 0.25) is 0 Å². The van der Waals surface area contributed by atoms with Gasteiger partial charge in [0.1, 0.15) is 0 Å². The van der Waals surface area contributed by atoms with E-state index in [2.05, 4.69) is 20.8 Å². The lowest BCUT2D eigenvalue weighted by molar-refractivity contribution is 0.0433. The fourth-order valence-corrected chi connectivity index (χ4v) is 3.29. The number of ether oxygens (including phenoxy) is 2. The molecular weight excluding hydrogens is 320 g/mol. The summed E-state index contributed by atoms with van der Waals surface area (Å²) in [6.45, 7) is 10.4. The van der Waals surface area contributed by atoms with Crippen LogP contribution in [0.25, 0.3) is 0 Å². The van der Waals surface area contributed by atoms with Crippen molar-refractivity contribution in [2.75, 3.05) is 26.4 Å². The molecule has 2 nitrogen and oxygen atoms in total.